The third kappa shape index (κ3) is 1.72. The third-order valence-electron chi connectivity index (χ3n) is 2.05. The van der Waals surface area contributed by atoms with Crippen LogP contribution in [0.1, 0.15) is 6.42 Å². The van der Waals surface area contributed by atoms with Crippen LogP contribution in [-0.4, -0.2) is 44.5 Å². The summed E-state index contributed by atoms with van der Waals surface area (Å²) in [5.74, 6) is -0.180. The Labute approximate surface area is 67.1 Å². The summed E-state index contributed by atoms with van der Waals surface area (Å²) in [4.78, 5) is 13.0. The lowest BCUT2D eigenvalue weighted by Crippen LogP contribution is -2.34. The molecule has 0 aromatic rings. The van der Waals surface area contributed by atoms with E-state index >= 15 is 0 Å². The molecule has 1 aliphatic rings. The van der Waals surface area contributed by atoms with E-state index in [4.69, 9.17) is 5.73 Å². The molecule has 1 rings (SSSR count). The van der Waals surface area contributed by atoms with Gasteiger partial charge in [0.25, 0.3) is 0 Å². The minimum atomic E-state index is -0.180. The second-order valence-electron chi connectivity index (χ2n) is 2.97. The number of ether oxygens (including phenoxy) is 1. The van der Waals surface area contributed by atoms with Crippen molar-refractivity contribution >= 4 is 14.0 Å². The van der Waals surface area contributed by atoms with Gasteiger partial charge in [-0.3, -0.25) is 4.79 Å². The number of hydrogen-bond donors (Lipinski definition) is 1. The number of hydrogen-bond acceptors (Lipinski definition) is 4. The van der Waals surface area contributed by atoms with Crippen molar-refractivity contribution in [1.82, 2.24) is 4.81 Å². The Bertz CT molecular complexity index is 165. The van der Waals surface area contributed by atoms with Crippen molar-refractivity contribution in [3.05, 3.63) is 0 Å². The van der Waals surface area contributed by atoms with Gasteiger partial charge in [-0.25, -0.2) is 0 Å². The van der Waals surface area contributed by atoms with Gasteiger partial charge in [0.2, 0.25) is 0 Å². The molecular weight excluding hydrogens is 143 g/mol. The summed E-state index contributed by atoms with van der Waals surface area (Å²) >= 11 is 0. The van der Waals surface area contributed by atoms with Crippen LogP contribution in [0.2, 0.25) is 0 Å². The standard InChI is InChI=1S/C6H13BN2O2/c1-11-6(10)5-2-4(8)3-9(5)7/h4-5H,2-3,7-8H2,1H3/t4-,5-/m0/s1. The molecule has 11 heavy (non-hydrogen) atoms. The van der Waals surface area contributed by atoms with Crippen molar-refractivity contribution in [3.63, 3.8) is 0 Å². The van der Waals surface area contributed by atoms with Crippen LogP contribution in [0.15, 0.2) is 0 Å². The van der Waals surface area contributed by atoms with Gasteiger partial charge < -0.3 is 15.3 Å². The maximum atomic E-state index is 11.1. The van der Waals surface area contributed by atoms with Crippen molar-refractivity contribution in [2.75, 3.05) is 13.7 Å². The zero-order valence-electron chi connectivity index (χ0n) is 6.91. The van der Waals surface area contributed by atoms with Crippen LogP contribution >= 0.6 is 0 Å². The molecule has 2 atom stereocenters. The smallest absolute Gasteiger partial charge is 0.322 e. The molecule has 0 aromatic heterocycles. The Morgan fingerprint density at radius 3 is 2.82 bits per heavy atom. The highest BCUT2D eigenvalue weighted by molar-refractivity contribution is 6.06. The van der Waals surface area contributed by atoms with Gasteiger partial charge in [0.15, 0.2) is 7.98 Å². The average Bonchev–Trinajstić information content (AvgIpc) is 2.28. The summed E-state index contributed by atoms with van der Waals surface area (Å²) in [5.41, 5.74) is 5.66. The molecule has 0 amide bonds. The first-order valence-corrected chi connectivity index (χ1v) is 3.68. The van der Waals surface area contributed by atoms with E-state index in [0.717, 1.165) is 6.54 Å². The summed E-state index contributed by atoms with van der Waals surface area (Å²) < 4.78 is 4.62. The first kappa shape index (κ1) is 8.55. The molecule has 1 fully saturated rings. The molecule has 0 saturated carbocycles. The number of rotatable bonds is 1. The molecule has 5 heteroatoms. The lowest BCUT2D eigenvalue weighted by atomic mass is 10.1. The molecule has 4 nitrogen and oxygen atoms in total. The SMILES string of the molecule is BN1C[C@@H](N)C[C@H]1C(=O)OC. The summed E-state index contributed by atoms with van der Waals surface area (Å²) in [6.45, 7) is 0.778. The van der Waals surface area contributed by atoms with Gasteiger partial charge in [-0.05, 0) is 6.42 Å². The number of carbonyl (C=O) groups is 1. The van der Waals surface area contributed by atoms with Crippen LogP contribution in [0.4, 0.5) is 0 Å². The van der Waals surface area contributed by atoms with Crippen molar-refractivity contribution in [2.45, 2.75) is 18.5 Å². The predicted octanol–water partition coefficient (Wildman–Crippen LogP) is -1.89. The fourth-order valence-electron chi connectivity index (χ4n) is 1.45. The molecule has 1 heterocycles. The fraction of sp³-hybridized carbons (Fsp3) is 0.833. The Kier molecular flexibility index (Phi) is 2.51. The molecule has 0 spiro atoms. The topological polar surface area (TPSA) is 55.6 Å². The van der Waals surface area contributed by atoms with Crippen LogP contribution < -0.4 is 5.73 Å². The van der Waals surface area contributed by atoms with E-state index in [-0.39, 0.29) is 18.1 Å². The second-order valence-corrected chi connectivity index (χ2v) is 2.97. The molecule has 0 aromatic carbocycles. The van der Waals surface area contributed by atoms with Crippen molar-refractivity contribution in [2.24, 2.45) is 5.73 Å². The number of esters is 1. The first-order valence-electron chi connectivity index (χ1n) is 3.68. The van der Waals surface area contributed by atoms with E-state index in [1.807, 2.05) is 12.8 Å². The van der Waals surface area contributed by atoms with E-state index in [2.05, 4.69) is 4.74 Å². The van der Waals surface area contributed by atoms with E-state index in [9.17, 15) is 4.79 Å². The zero-order valence-corrected chi connectivity index (χ0v) is 6.91. The predicted molar refractivity (Wildman–Crippen MR) is 43.6 cm³/mol. The summed E-state index contributed by atoms with van der Waals surface area (Å²) in [7, 11) is 3.29. The maximum absolute atomic E-state index is 11.1. The quantitative estimate of drug-likeness (QED) is 0.356. The highest BCUT2D eigenvalue weighted by Crippen LogP contribution is 2.14. The Hall–Kier alpha value is -0.545. The number of methoxy groups -OCH3 is 1. The maximum Gasteiger partial charge on any atom is 0.322 e. The highest BCUT2D eigenvalue weighted by Gasteiger charge is 2.32. The summed E-state index contributed by atoms with van der Waals surface area (Å²) in [6.07, 6.45) is 0.711. The van der Waals surface area contributed by atoms with Gasteiger partial charge in [-0.15, -0.1) is 0 Å². The largest absolute Gasteiger partial charge is 0.468 e. The second kappa shape index (κ2) is 3.23. The minimum Gasteiger partial charge on any atom is -0.468 e. The van der Waals surface area contributed by atoms with Gasteiger partial charge in [0, 0.05) is 12.6 Å². The molecule has 62 valence electrons. The Morgan fingerprint density at radius 1 is 1.82 bits per heavy atom. The van der Waals surface area contributed by atoms with E-state index in [1.54, 1.807) is 0 Å². The van der Waals surface area contributed by atoms with E-state index in [0.29, 0.717) is 6.42 Å². The van der Waals surface area contributed by atoms with Gasteiger partial charge in [-0.1, -0.05) is 0 Å². The normalized spacial score (nSPS) is 32.2. The number of nitrogens with two attached hydrogens (primary N) is 1. The van der Waals surface area contributed by atoms with Gasteiger partial charge >= 0.3 is 5.97 Å². The Balaban J connectivity index is 2.52. The Morgan fingerprint density at radius 2 is 2.45 bits per heavy atom. The molecule has 0 radical (unpaired) electrons. The zero-order chi connectivity index (χ0) is 8.43. The van der Waals surface area contributed by atoms with Crippen LogP contribution in [0.3, 0.4) is 0 Å². The molecule has 0 unspecified atom stereocenters. The summed E-state index contributed by atoms with van der Waals surface area (Å²) in [6, 6.07) is -0.0147. The molecule has 0 bridgehead atoms. The minimum absolute atomic E-state index is 0.115. The summed E-state index contributed by atoms with van der Waals surface area (Å²) in [5, 5.41) is 0. The van der Waals surface area contributed by atoms with Crippen LogP contribution in [0, 0.1) is 0 Å². The van der Waals surface area contributed by atoms with Crippen molar-refractivity contribution in [1.29, 1.82) is 0 Å². The monoisotopic (exact) mass is 156 g/mol. The van der Waals surface area contributed by atoms with Gasteiger partial charge in [0.05, 0.1) is 13.2 Å². The molecule has 2 N–H and O–H groups in total. The van der Waals surface area contributed by atoms with Crippen LogP contribution in [-0.2, 0) is 9.53 Å². The lowest BCUT2D eigenvalue weighted by Gasteiger charge is -2.15. The lowest BCUT2D eigenvalue weighted by molar-refractivity contribution is -0.144. The van der Waals surface area contributed by atoms with Crippen molar-refractivity contribution in [3.8, 4) is 0 Å². The van der Waals surface area contributed by atoms with E-state index < -0.39 is 0 Å². The van der Waals surface area contributed by atoms with Crippen LogP contribution in [0.5, 0.6) is 0 Å². The van der Waals surface area contributed by atoms with E-state index in [1.165, 1.54) is 7.11 Å². The third-order valence-corrected chi connectivity index (χ3v) is 2.05. The molecule has 1 aliphatic heterocycles. The number of nitrogens with zero attached hydrogens (tertiary/aromatic N) is 1. The highest BCUT2D eigenvalue weighted by atomic mass is 16.5. The van der Waals surface area contributed by atoms with Crippen molar-refractivity contribution < 1.29 is 9.53 Å². The number of carbonyl (C=O) groups excluding carboxylic acids is 1. The van der Waals surface area contributed by atoms with Gasteiger partial charge in [-0.2, -0.15) is 0 Å². The molecule has 1 saturated heterocycles. The van der Waals surface area contributed by atoms with Crippen LogP contribution in [0.25, 0.3) is 0 Å². The fourth-order valence-corrected chi connectivity index (χ4v) is 1.45. The first-order chi connectivity index (χ1) is 5.15. The molecule has 0 aliphatic carbocycles. The molecular formula is C6H13BN2O2. The average molecular weight is 156 g/mol. The van der Waals surface area contributed by atoms with Gasteiger partial charge in [0.1, 0.15) is 0 Å².